The van der Waals surface area contributed by atoms with Crippen molar-refractivity contribution in [2.24, 2.45) is 22.7 Å². The molecule has 0 radical (unpaired) electrons. The number of ether oxygens (including phenoxy) is 1. The molecule has 0 spiro atoms. The van der Waals surface area contributed by atoms with Crippen molar-refractivity contribution >= 4 is 29.7 Å². The number of amides is 4. The van der Waals surface area contributed by atoms with Crippen molar-refractivity contribution in [3.63, 3.8) is 0 Å². The van der Waals surface area contributed by atoms with Gasteiger partial charge >= 0.3 is 6.03 Å². The topological polar surface area (TPSA) is 88.1 Å². The second-order valence-electron chi connectivity index (χ2n) is 7.18. The summed E-state index contributed by atoms with van der Waals surface area (Å²) in [6.45, 7) is 0. The summed E-state index contributed by atoms with van der Waals surface area (Å²) < 4.78 is 5.09. The molecule has 1 saturated heterocycles. The lowest BCUT2D eigenvalue weighted by Crippen LogP contribution is -2.58. The number of barbiturate groups is 1. The fourth-order valence-electron chi connectivity index (χ4n) is 4.29. The van der Waals surface area contributed by atoms with E-state index in [4.69, 9.17) is 4.74 Å². The molecule has 136 valence electrons. The van der Waals surface area contributed by atoms with Gasteiger partial charge in [0.25, 0.3) is 5.91 Å². The Kier molecular flexibility index (Phi) is 4.22. The van der Waals surface area contributed by atoms with E-state index in [0.717, 1.165) is 17.2 Å². The maximum absolute atomic E-state index is 12.8. The van der Waals surface area contributed by atoms with Crippen LogP contribution >= 0.6 is 0 Å². The van der Waals surface area contributed by atoms with Gasteiger partial charge in [0, 0.05) is 6.21 Å². The van der Waals surface area contributed by atoms with Gasteiger partial charge in [0.05, 0.1) is 18.8 Å². The minimum atomic E-state index is -1.08. The highest BCUT2D eigenvalue weighted by molar-refractivity contribution is 6.32. The number of nitrogens with zero attached hydrogens (tertiary/aromatic N) is 2. The lowest BCUT2D eigenvalue weighted by molar-refractivity contribution is -0.131. The fourth-order valence-corrected chi connectivity index (χ4v) is 4.29. The highest BCUT2D eigenvalue weighted by atomic mass is 16.5. The van der Waals surface area contributed by atoms with Crippen LogP contribution in [-0.4, -0.2) is 37.2 Å². The van der Waals surface area contributed by atoms with Gasteiger partial charge < -0.3 is 4.74 Å². The van der Waals surface area contributed by atoms with Crippen molar-refractivity contribution in [3.05, 3.63) is 24.3 Å². The van der Waals surface area contributed by atoms with Gasteiger partial charge in [0.2, 0.25) is 5.91 Å². The number of nitrogens with one attached hydrogen (secondary N) is 1. The molecule has 4 atom stereocenters. The summed E-state index contributed by atoms with van der Waals surface area (Å²) in [7, 11) is 1.54. The van der Waals surface area contributed by atoms with E-state index in [1.54, 1.807) is 24.3 Å². The molecule has 2 bridgehead atoms. The van der Waals surface area contributed by atoms with Gasteiger partial charge in [-0.25, -0.2) is 9.69 Å². The minimum absolute atomic E-state index is 0.196. The van der Waals surface area contributed by atoms with Crippen LogP contribution in [0.5, 0.6) is 5.75 Å². The highest BCUT2D eigenvalue weighted by Gasteiger charge is 2.42. The van der Waals surface area contributed by atoms with Crippen LogP contribution in [0.15, 0.2) is 29.3 Å². The monoisotopic (exact) mass is 355 g/mol. The zero-order valence-electron chi connectivity index (χ0n) is 14.6. The maximum atomic E-state index is 12.8. The number of carbonyl (C=O) groups excluding carboxylic acids is 3. The van der Waals surface area contributed by atoms with Crippen LogP contribution < -0.4 is 15.0 Å². The molecule has 1 aromatic carbocycles. The number of fused-ring (bicyclic) bond motifs is 2. The number of carbonyl (C=O) groups is 3. The molecular weight excluding hydrogens is 334 g/mol. The van der Waals surface area contributed by atoms with Crippen LogP contribution in [0.25, 0.3) is 0 Å². The molecule has 2 aliphatic carbocycles. The third-order valence-electron chi connectivity index (χ3n) is 5.66. The molecule has 1 N–H and O–H groups in total. The molecule has 1 aliphatic heterocycles. The van der Waals surface area contributed by atoms with E-state index in [1.165, 1.54) is 32.6 Å². The van der Waals surface area contributed by atoms with Gasteiger partial charge in [-0.3, -0.25) is 19.9 Å². The quantitative estimate of drug-likeness (QED) is 0.662. The minimum Gasteiger partial charge on any atom is -0.497 e. The van der Waals surface area contributed by atoms with Crippen LogP contribution in [-0.2, 0) is 9.59 Å². The lowest BCUT2D eigenvalue weighted by atomic mass is 9.95. The Morgan fingerprint density at radius 1 is 1.15 bits per heavy atom. The van der Waals surface area contributed by atoms with Gasteiger partial charge in [-0.2, -0.15) is 0 Å². The molecule has 1 heterocycles. The lowest BCUT2D eigenvalue weighted by Gasteiger charge is -2.29. The third kappa shape index (κ3) is 2.87. The SMILES string of the molecule is COc1ccc(N2C(=O)NC(=O)[C@H](C=N[C@@H]3C[C@H]4CC[C@H]3C4)C2=O)cc1. The van der Waals surface area contributed by atoms with E-state index in [1.807, 2.05) is 0 Å². The first-order valence-corrected chi connectivity index (χ1v) is 8.93. The first kappa shape index (κ1) is 16.8. The van der Waals surface area contributed by atoms with E-state index in [9.17, 15) is 14.4 Å². The first-order valence-electron chi connectivity index (χ1n) is 8.93. The zero-order chi connectivity index (χ0) is 18.3. The Bertz CT molecular complexity index is 773. The number of benzene rings is 1. The van der Waals surface area contributed by atoms with Crippen molar-refractivity contribution in [3.8, 4) is 5.75 Å². The Labute approximate surface area is 151 Å². The molecule has 2 saturated carbocycles. The Morgan fingerprint density at radius 2 is 1.92 bits per heavy atom. The summed E-state index contributed by atoms with van der Waals surface area (Å²) in [5.41, 5.74) is 0.388. The number of hydrogen-bond donors (Lipinski definition) is 1. The van der Waals surface area contributed by atoms with Crippen molar-refractivity contribution in [1.29, 1.82) is 0 Å². The molecule has 3 fully saturated rings. The van der Waals surface area contributed by atoms with E-state index in [0.29, 0.717) is 17.4 Å². The number of methoxy groups -OCH3 is 1. The third-order valence-corrected chi connectivity index (χ3v) is 5.66. The number of urea groups is 1. The van der Waals surface area contributed by atoms with Crippen LogP contribution in [0, 0.1) is 17.8 Å². The van der Waals surface area contributed by atoms with Crippen LogP contribution in [0.3, 0.4) is 0 Å². The zero-order valence-corrected chi connectivity index (χ0v) is 14.6. The van der Waals surface area contributed by atoms with Crippen LogP contribution in [0.1, 0.15) is 25.7 Å². The Hall–Kier alpha value is -2.70. The number of anilines is 1. The molecule has 1 aromatic rings. The predicted molar refractivity (Wildman–Crippen MR) is 95.2 cm³/mol. The number of rotatable bonds is 4. The predicted octanol–water partition coefficient (Wildman–Crippen LogP) is 2.15. The van der Waals surface area contributed by atoms with E-state index in [2.05, 4.69) is 10.3 Å². The average Bonchev–Trinajstić information content (AvgIpc) is 3.25. The van der Waals surface area contributed by atoms with E-state index < -0.39 is 23.8 Å². The highest BCUT2D eigenvalue weighted by Crippen LogP contribution is 2.45. The molecule has 7 heteroatoms. The van der Waals surface area contributed by atoms with Crippen molar-refractivity contribution < 1.29 is 19.1 Å². The molecule has 0 unspecified atom stereocenters. The van der Waals surface area contributed by atoms with Crippen molar-refractivity contribution in [1.82, 2.24) is 5.32 Å². The van der Waals surface area contributed by atoms with E-state index in [-0.39, 0.29) is 6.04 Å². The summed E-state index contributed by atoms with van der Waals surface area (Å²) in [6.07, 6.45) is 6.10. The van der Waals surface area contributed by atoms with Gasteiger partial charge in [-0.1, -0.05) is 6.42 Å². The normalized spacial score (nSPS) is 31.0. The molecule has 4 amide bonds. The van der Waals surface area contributed by atoms with E-state index >= 15 is 0 Å². The molecule has 4 rings (SSSR count). The smallest absolute Gasteiger partial charge is 0.335 e. The Morgan fingerprint density at radius 3 is 2.54 bits per heavy atom. The standard InChI is InChI=1S/C19H21N3O4/c1-26-14-6-4-13(5-7-14)22-18(24)15(17(23)21-19(22)25)10-20-16-9-11-2-3-12(16)8-11/h4-7,10-12,15-16H,2-3,8-9H2,1H3,(H,21,23,25)/t11-,12-,15-,16+/m0/s1. The van der Waals surface area contributed by atoms with Crippen LogP contribution in [0.4, 0.5) is 10.5 Å². The second kappa shape index (κ2) is 6.55. The molecule has 26 heavy (non-hydrogen) atoms. The average molecular weight is 355 g/mol. The molecule has 0 aromatic heterocycles. The molecule has 7 nitrogen and oxygen atoms in total. The largest absolute Gasteiger partial charge is 0.497 e. The summed E-state index contributed by atoms with van der Waals surface area (Å²) in [5, 5.41) is 2.25. The summed E-state index contributed by atoms with van der Waals surface area (Å²) >= 11 is 0. The molecular formula is C19H21N3O4. The number of aliphatic imine (C=N–C) groups is 1. The second-order valence-corrected chi connectivity index (χ2v) is 7.18. The van der Waals surface area contributed by atoms with Crippen molar-refractivity contribution in [2.75, 3.05) is 12.0 Å². The fraction of sp³-hybridized carbons (Fsp3) is 0.474. The van der Waals surface area contributed by atoms with Crippen LogP contribution in [0.2, 0.25) is 0 Å². The summed E-state index contributed by atoms with van der Waals surface area (Å²) in [6, 6.07) is 5.98. The number of hydrogen-bond acceptors (Lipinski definition) is 5. The Balaban J connectivity index is 1.54. The summed E-state index contributed by atoms with van der Waals surface area (Å²) in [5.74, 6) is -0.349. The summed E-state index contributed by atoms with van der Waals surface area (Å²) in [4.78, 5) is 42.7. The molecule has 3 aliphatic rings. The first-order chi connectivity index (χ1) is 12.6. The van der Waals surface area contributed by atoms with Gasteiger partial charge in [0.1, 0.15) is 5.75 Å². The van der Waals surface area contributed by atoms with Crippen molar-refractivity contribution in [2.45, 2.75) is 31.7 Å². The maximum Gasteiger partial charge on any atom is 0.335 e. The number of imide groups is 2. The van der Waals surface area contributed by atoms with Gasteiger partial charge in [0.15, 0.2) is 5.92 Å². The van der Waals surface area contributed by atoms with Gasteiger partial charge in [-0.15, -0.1) is 0 Å². The van der Waals surface area contributed by atoms with Gasteiger partial charge in [-0.05, 0) is 55.4 Å².